The van der Waals surface area contributed by atoms with Crippen LogP contribution < -0.4 is 0 Å². The van der Waals surface area contributed by atoms with E-state index in [0.29, 0.717) is 18.1 Å². The molecule has 0 bridgehead atoms. The monoisotopic (exact) mass is 241 g/mol. The third kappa shape index (κ3) is 4.76. The van der Waals surface area contributed by atoms with Gasteiger partial charge in [0.05, 0.1) is 6.10 Å². The van der Waals surface area contributed by atoms with Gasteiger partial charge in [-0.1, -0.05) is 20.8 Å². The van der Waals surface area contributed by atoms with Gasteiger partial charge in [-0.15, -0.1) is 0 Å². The van der Waals surface area contributed by atoms with E-state index < -0.39 is 0 Å². The van der Waals surface area contributed by atoms with Gasteiger partial charge in [0.15, 0.2) is 5.78 Å². The SMILES string of the molecule is CC(C)C(=O)COC1CC(C)(CCN(C)C)C1. The molecule has 1 rings (SSSR count). The van der Waals surface area contributed by atoms with Crippen LogP contribution in [0.15, 0.2) is 0 Å². The third-order valence-electron chi connectivity index (χ3n) is 3.71. The first-order valence-electron chi connectivity index (χ1n) is 6.61. The lowest BCUT2D eigenvalue weighted by Crippen LogP contribution is -2.42. The molecule has 0 unspecified atom stereocenters. The molecule has 17 heavy (non-hydrogen) atoms. The Morgan fingerprint density at radius 2 is 2.00 bits per heavy atom. The Bertz CT molecular complexity index is 255. The Morgan fingerprint density at radius 3 is 2.47 bits per heavy atom. The molecule has 0 saturated heterocycles. The van der Waals surface area contributed by atoms with Crippen molar-refractivity contribution in [2.24, 2.45) is 11.3 Å². The van der Waals surface area contributed by atoms with E-state index in [0.717, 1.165) is 19.4 Å². The fourth-order valence-corrected chi connectivity index (χ4v) is 2.22. The first-order valence-corrected chi connectivity index (χ1v) is 6.61. The molecule has 0 amide bonds. The van der Waals surface area contributed by atoms with Crippen LogP contribution in [-0.4, -0.2) is 44.0 Å². The predicted octanol–water partition coefficient (Wildman–Crippen LogP) is 2.35. The molecular formula is C14H27NO2. The van der Waals surface area contributed by atoms with Crippen LogP contribution in [0.4, 0.5) is 0 Å². The second kappa shape index (κ2) is 5.96. The number of ketones is 1. The Hall–Kier alpha value is -0.410. The molecule has 0 aromatic heterocycles. The fraction of sp³-hybridized carbons (Fsp3) is 0.929. The topological polar surface area (TPSA) is 29.5 Å². The third-order valence-corrected chi connectivity index (χ3v) is 3.71. The molecule has 3 nitrogen and oxygen atoms in total. The Balaban J connectivity index is 2.16. The highest BCUT2D eigenvalue weighted by Crippen LogP contribution is 2.45. The van der Waals surface area contributed by atoms with Crippen LogP contribution in [0.5, 0.6) is 0 Å². The van der Waals surface area contributed by atoms with Crippen LogP contribution in [0.2, 0.25) is 0 Å². The number of carbonyl (C=O) groups is 1. The van der Waals surface area contributed by atoms with Gasteiger partial charge in [-0.05, 0) is 45.3 Å². The van der Waals surface area contributed by atoms with Crippen molar-refractivity contribution in [3.05, 3.63) is 0 Å². The largest absolute Gasteiger partial charge is 0.370 e. The molecule has 0 N–H and O–H groups in total. The fourth-order valence-electron chi connectivity index (χ4n) is 2.22. The summed E-state index contributed by atoms with van der Waals surface area (Å²) in [7, 11) is 4.22. The second-order valence-electron chi connectivity index (χ2n) is 6.33. The molecule has 3 heteroatoms. The summed E-state index contributed by atoms with van der Waals surface area (Å²) in [5.41, 5.74) is 0.426. The molecule has 1 fully saturated rings. The van der Waals surface area contributed by atoms with E-state index in [-0.39, 0.29) is 11.7 Å². The van der Waals surface area contributed by atoms with Gasteiger partial charge in [-0.2, -0.15) is 0 Å². The summed E-state index contributed by atoms with van der Waals surface area (Å²) in [5, 5.41) is 0. The van der Waals surface area contributed by atoms with Crippen LogP contribution in [0.25, 0.3) is 0 Å². The zero-order valence-electron chi connectivity index (χ0n) is 12.0. The summed E-state index contributed by atoms with van der Waals surface area (Å²) in [6.45, 7) is 7.60. The zero-order valence-corrected chi connectivity index (χ0v) is 12.0. The maximum Gasteiger partial charge on any atom is 0.160 e. The Morgan fingerprint density at radius 1 is 1.41 bits per heavy atom. The van der Waals surface area contributed by atoms with Crippen molar-refractivity contribution in [1.82, 2.24) is 4.90 Å². The molecule has 0 aromatic rings. The van der Waals surface area contributed by atoms with Gasteiger partial charge in [0.1, 0.15) is 6.61 Å². The van der Waals surface area contributed by atoms with E-state index >= 15 is 0 Å². The molecule has 1 saturated carbocycles. The minimum atomic E-state index is 0.0928. The maximum atomic E-state index is 11.4. The summed E-state index contributed by atoms with van der Waals surface area (Å²) in [5.74, 6) is 0.307. The van der Waals surface area contributed by atoms with Crippen molar-refractivity contribution in [2.75, 3.05) is 27.2 Å². The molecule has 1 aliphatic rings. The number of nitrogens with zero attached hydrogens (tertiary/aromatic N) is 1. The Labute approximate surface area is 106 Å². The molecule has 0 aromatic carbocycles. The standard InChI is InChI=1S/C14H27NO2/c1-11(2)13(16)10-17-12-8-14(3,9-12)6-7-15(4)5/h11-12H,6-10H2,1-5H3. The highest BCUT2D eigenvalue weighted by atomic mass is 16.5. The van der Waals surface area contributed by atoms with Crippen LogP contribution in [0.1, 0.15) is 40.0 Å². The molecule has 0 aliphatic heterocycles. The predicted molar refractivity (Wildman–Crippen MR) is 70.1 cm³/mol. The lowest BCUT2D eigenvalue weighted by Gasteiger charge is -2.45. The zero-order chi connectivity index (χ0) is 13.1. The molecule has 0 atom stereocenters. The highest BCUT2D eigenvalue weighted by Gasteiger charge is 2.40. The summed E-state index contributed by atoms with van der Waals surface area (Å²) < 4.78 is 5.64. The van der Waals surface area contributed by atoms with Gasteiger partial charge in [0, 0.05) is 5.92 Å². The van der Waals surface area contributed by atoms with Crippen LogP contribution >= 0.6 is 0 Å². The molecule has 0 radical (unpaired) electrons. The summed E-state index contributed by atoms with van der Waals surface area (Å²) in [6, 6.07) is 0. The van der Waals surface area contributed by atoms with Crippen molar-refractivity contribution in [1.29, 1.82) is 0 Å². The minimum absolute atomic E-state index is 0.0928. The van der Waals surface area contributed by atoms with Gasteiger partial charge >= 0.3 is 0 Å². The van der Waals surface area contributed by atoms with Gasteiger partial charge in [-0.3, -0.25) is 4.79 Å². The van der Waals surface area contributed by atoms with Crippen molar-refractivity contribution in [3.63, 3.8) is 0 Å². The molecule has 100 valence electrons. The summed E-state index contributed by atoms with van der Waals surface area (Å²) >= 11 is 0. The maximum absolute atomic E-state index is 11.4. The quantitative estimate of drug-likeness (QED) is 0.685. The number of ether oxygens (including phenoxy) is 1. The number of hydrogen-bond acceptors (Lipinski definition) is 3. The van der Waals surface area contributed by atoms with Gasteiger partial charge < -0.3 is 9.64 Å². The van der Waals surface area contributed by atoms with E-state index in [4.69, 9.17) is 4.74 Å². The van der Waals surface area contributed by atoms with Crippen LogP contribution in [0, 0.1) is 11.3 Å². The number of carbonyl (C=O) groups excluding carboxylic acids is 1. The lowest BCUT2D eigenvalue weighted by molar-refractivity contribution is -0.136. The molecule has 0 spiro atoms. The normalized spacial score (nSPS) is 28.5. The average Bonchev–Trinajstić information content (AvgIpc) is 2.19. The second-order valence-corrected chi connectivity index (χ2v) is 6.33. The number of rotatable bonds is 7. The van der Waals surface area contributed by atoms with Gasteiger partial charge in [0.2, 0.25) is 0 Å². The molecule has 0 heterocycles. The first-order chi connectivity index (χ1) is 7.82. The van der Waals surface area contributed by atoms with E-state index in [1.54, 1.807) is 0 Å². The molecule has 1 aliphatic carbocycles. The molecular weight excluding hydrogens is 214 g/mol. The van der Waals surface area contributed by atoms with Gasteiger partial charge in [-0.25, -0.2) is 0 Å². The van der Waals surface area contributed by atoms with E-state index in [9.17, 15) is 4.79 Å². The number of hydrogen-bond donors (Lipinski definition) is 0. The number of Topliss-reactive ketones (excluding diaryl/α,β-unsaturated/α-hetero) is 1. The van der Waals surface area contributed by atoms with E-state index in [1.807, 2.05) is 13.8 Å². The Kier molecular flexibility index (Phi) is 5.14. The van der Waals surface area contributed by atoms with Crippen molar-refractivity contribution >= 4 is 5.78 Å². The summed E-state index contributed by atoms with van der Waals surface area (Å²) in [4.78, 5) is 13.7. The summed E-state index contributed by atoms with van der Waals surface area (Å²) in [6.07, 6.45) is 3.74. The van der Waals surface area contributed by atoms with Gasteiger partial charge in [0.25, 0.3) is 0 Å². The van der Waals surface area contributed by atoms with Crippen molar-refractivity contribution < 1.29 is 9.53 Å². The van der Waals surface area contributed by atoms with Crippen molar-refractivity contribution in [2.45, 2.75) is 46.1 Å². The van der Waals surface area contributed by atoms with E-state index in [1.165, 1.54) is 6.42 Å². The highest BCUT2D eigenvalue weighted by molar-refractivity contribution is 5.81. The minimum Gasteiger partial charge on any atom is -0.370 e. The van der Waals surface area contributed by atoms with Crippen LogP contribution in [0.3, 0.4) is 0 Å². The smallest absolute Gasteiger partial charge is 0.160 e. The first kappa shape index (κ1) is 14.7. The average molecular weight is 241 g/mol. The lowest BCUT2D eigenvalue weighted by atomic mass is 9.66. The van der Waals surface area contributed by atoms with Crippen LogP contribution in [-0.2, 0) is 9.53 Å². The van der Waals surface area contributed by atoms with E-state index in [2.05, 4.69) is 25.9 Å². The van der Waals surface area contributed by atoms with Crippen molar-refractivity contribution in [3.8, 4) is 0 Å².